The maximum atomic E-state index is 12.5. The first-order valence-electron chi connectivity index (χ1n) is 8.81. The van der Waals surface area contributed by atoms with Crippen LogP contribution in [-0.4, -0.2) is 34.2 Å². The van der Waals surface area contributed by atoms with Crippen LogP contribution in [0.5, 0.6) is 0 Å². The van der Waals surface area contributed by atoms with Gasteiger partial charge < -0.3 is 10.2 Å². The first-order valence-corrected chi connectivity index (χ1v) is 8.81. The minimum Gasteiger partial charge on any atom is -0.339 e. The molecule has 2 fully saturated rings. The third kappa shape index (κ3) is 3.81. The predicted octanol–water partition coefficient (Wildman–Crippen LogP) is 3.02. The first kappa shape index (κ1) is 17.4. The lowest BCUT2D eigenvalue weighted by Gasteiger charge is -2.31. The molecule has 1 aliphatic carbocycles. The maximum Gasteiger partial charge on any atom is 0.269 e. The van der Waals surface area contributed by atoms with E-state index in [2.05, 4.69) is 5.32 Å². The van der Waals surface area contributed by atoms with E-state index in [-0.39, 0.29) is 35.9 Å². The van der Waals surface area contributed by atoms with E-state index in [0.717, 1.165) is 25.7 Å². The van der Waals surface area contributed by atoms with Crippen molar-refractivity contribution in [3.05, 3.63) is 33.9 Å². The number of nitrogens with zero attached hydrogens (tertiary/aromatic N) is 2. The van der Waals surface area contributed by atoms with Gasteiger partial charge in [-0.3, -0.25) is 19.7 Å². The van der Waals surface area contributed by atoms with Gasteiger partial charge in [0, 0.05) is 36.8 Å². The van der Waals surface area contributed by atoms with E-state index in [9.17, 15) is 19.7 Å². The van der Waals surface area contributed by atoms with Crippen LogP contribution in [0.15, 0.2) is 18.2 Å². The maximum absolute atomic E-state index is 12.5. The Balaban J connectivity index is 1.64. The fraction of sp³-hybridized carbons (Fsp3) is 0.556. The number of nitrogens with one attached hydrogen (secondary N) is 1. The topological polar surface area (TPSA) is 92.5 Å². The van der Waals surface area contributed by atoms with Gasteiger partial charge in [-0.05, 0) is 31.4 Å². The van der Waals surface area contributed by atoms with Crippen molar-refractivity contribution in [1.29, 1.82) is 0 Å². The van der Waals surface area contributed by atoms with Crippen LogP contribution in [-0.2, 0) is 9.59 Å². The number of likely N-dealkylation sites (tertiary alicyclic amines) is 1. The molecule has 7 nitrogen and oxygen atoms in total. The average Bonchev–Trinajstić information content (AvgIpc) is 2.99. The van der Waals surface area contributed by atoms with Gasteiger partial charge in [0.15, 0.2) is 0 Å². The number of non-ortho nitro benzene ring substituents is 1. The number of carbonyl (C=O) groups excluding carboxylic acids is 2. The number of rotatable bonds is 4. The lowest BCUT2D eigenvalue weighted by atomic mass is 9.94. The van der Waals surface area contributed by atoms with Crippen molar-refractivity contribution in [1.82, 2.24) is 4.90 Å². The van der Waals surface area contributed by atoms with Crippen LogP contribution in [0.1, 0.15) is 44.1 Å². The van der Waals surface area contributed by atoms with E-state index in [1.165, 1.54) is 18.6 Å². The van der Waals surface area contributed by atoms with Crippen LogP contribution in [0.4, 0.5) is 11.4 Å². The molecule has 0 bridgehead atoms. The van der Waals surface area contributed by atoms with Crippen LogP contribution in [0, 0.1) is 23.0 Å². The smallest absolute Gasteiger partial charge is 0.269 e. The predicted molar refractivity (Wildman–Crippen MR) is 93.2 cm³/mol. The summed E-state index contributed by atoms with van der Waals surface area (Å²) in [4.78, 5) is 37.0. The van der Waals surface area contributed by atoms with Gasteiger partial charge in [0.2, 0.25) is 11.8 Å². The first-order chi connectivity index (χ1) is 12.0. The molecule has 1 aromatic rings. The molecule has 1 saturated carbocycles. The number of benzene rings is 1. The Morgan fingerprint density at radius 1 is 1.28 bits per heavy atom. The zero-order valence-corrected chi connectivity index (χ0v) is 14.4. The quantitative estimate of drug-likeness (QED) is 0.670. The number of nitro benzene ring substituents is 1. The number of aryl methyl sites for hydroxylation is 1. The standard InChI is InChI=1S/C18H23N3O4/c1-12-9-15(21(24)25)7-8-16(12)19-18(23)13-10-17(22)20(11-13)14-5-3-2-4-6-14/h7-9,13-14H,2-6,10-11H2,1H3,(H,19,23)/t13-/m0/s1. The van der Waals surface area contributed by atoms with Crippen molar-refractivity contribution < 1.29 is 14.5 Å². The van der Waals surface area contributed by atoms with Crippen molar-refractivity contribution in [2.75, 3.05) is 11.9 Å². The SMILES string of the molecule is Cc1cc([N+](=O)[O-])ccc1NC(=O)[C@H]1CC(=O)N(C2CCCCC2)C1. The van der Waals surface area contributed by atoms with E-state index in [0.29, 0.717) is 17.8 Å². The Kier molecular flexibility index (Phi) is 5.01. The van der Waals surface area contributed by atoms with Gasteiger partial charge in [-0.25, -0.2) is 0 Å². The highest BCUT2D eigenvalue weighted by Gasteiger charge is 2.38. The molecule has 0 spiro atoms. The largest absolute Gasteiger partial charge is 0.339 e. The molecule has 1 aromatic carbocycles. The third-order valence-corrected chi connectivity index (χ3v) is 5.22. The van der Waals surface area contributed by atoms with Crippen molar-refractivity contribution in [3.63, 3.8) is 0 Å². The van der Waals surface area contributed by atoms with Crippen LogP contribution in [0.2, 0.25) is 0 Å². The second-order valence-electron chi connectivity index (χ2n) is 6.98. The molecule has 25 heavy (non-hydrogen) atoms. The number of hydrogen-bond donors (Lipinski definition) is 1. The summed E-state index contributed by atoms with van der Waals surface area (Å²) >= 11 is 0. The fourth-order valence-electron chi connectivity index (χ4n) is 3.79. The summed E-state index contributed by atoms with van der Waals surface area (Å²) in [5.41, 5.74) is 1.19. The number of amides is 2. The Hall–Kier alpha value is -2.44. The summed E-state index contributed by atoms with van der Waals surface area (Å²) < 4.78 is 0. The summed E-state index contributed by atoms with van der Waals surface area (Å²) in [6, 6.07) is 4.63. The van der Waals surface area contributed by atoms with Crippen LogP contribution in [0.25, 0.3) is 0 Å². The fourth-order valence-corrected chi connectivity index (χ4v) is 3.79. The van der Waals surface area contributed by atoms with Crippen molar-refractivity contribution in [3.8, 4) is 0 Å². The number of anilines is 1. The van der Waals surface area contributed by atoms with Gasteiger partial charge in [-0.15, -0.1) is 0 Å². The van der Waals surface area contributed by atoms with Gasteiger partial charge in [-0.1, -0.05) is 19.3 Å². The van der Waals surface area contributed by atoms with Crippen LogP contribution >= 0.6 is 0 Å². The highest BCUT2D eigenvalue weighted by Crippen LogP contribution is 2.29. The molecule has 1 aliphatic heterocycles. The van der Waals surface area contributed by atoms with Crippen LogP contribution < -0.4 is 5.32 Å². The van der Waals surface area contributed by atoms with Crippen molar-refractivity contribution in [2.45, 2.75) is 51.5 Å². The second-order valence-corrected chi connectivity index (χ2v) is 6.98. The van der Waals surface area contributed by atoms with Gasteiger partial charge >= 0.3 is 0 Å². The summed E-state index contributed by atoms with van der Waals surface area (Å²) in [5.74, 6) is -0.486. The highest BCUT2D eigenvalue weighted by atomic mass is 16.6. The normalized spacial score (nSPS) is 21.4. The van der Waals surface area contributed by atoms with Crippen molar-refractivity contribution >= 4 is 23.2 Å². The number of carbonyl (C=O) groups is 2. The molecule has 1 heterocycles. The molecule has 2 aliphatic rings. The molecule has 0 aromatic heterocycles. The molecule has 2 amide bonds. The average molecular weight is 345 g/mol. The monoisotopic (exact) mass is 345 g/mol. The lowest BCUT2D eigenvalue weighted by Crippen LogP contribution is -2.38. The number of hydrogen-bond acceptors (Lipinski definition) is 4. The summed E-state index contributed by atoms with van der Waals surface area (Å²) in [6.07, 6.45) is 5.82. The van der Waals surface area contributed by atoms with Gasteiger partial charge in [0.1, 0.15) is 0 Å². The molecule has 0 radical (unpaired) electrons. The van der Waals surface area contributed by atoms with Gasteiger partial charge in [0.25, 0.3) is 5.69 Å². The lowest BCUT2D eigenvalue weighted by molar-refractivity contribution is -0.384. The summed E-state index contributed by atoms with van der Waals surface area (Å²) in [6.45, 7) is 2.19. The molecular weight excluding hydrogens is 322 g/mol. The second kappa shape index (κ2) is 7.21. The third-order valence-electron chi connectivity index (χ3n) is 5.22. The Morgan fingerprint density at radius 2 is 2.00 bits per heavy atom. The Bertz CT molecular complexity index is 698. The van der Waals surface area contributed by atoms with E-state index in [1.807, 2.05) is 4.90 Å². The molecule has 134 valence electrons. The van der Waals surface area contributed by atoms with Crippen molar-refractivity contribution in [2.24, 2.45) is 5.92 Å². The number of nitro groups is 1. The van der Waals surface area contributed by atoms with E-state index in [4.69, 9.17) is 0 Å². The minimum absolute atomic E-state index is 0.00461. The summed E-state index contributed by atoms with van der Waals surface area (Å²) in [7, 11) is 0. The van der Waals surface area contributed by atoms with Gasteiger partial charge in [-0.2, -0.15) is 0 Å². The van der Waals surface area contributed by atoms with E-state index < -0.39 is 4.92 Å². The Morgan fingerprint density at radius 3 is 2.64 bits per heavy atom. The Labute approximate surface area is 146 Å². The molecule has 1 atom stereocenters. The molecular formula is C18H23N3O4. The van der Waals surface area contributed by atoms with Crippen LogP contribution in [0.3, 0.4) is 0 Å². The van der Waals surface area contributed by atoms with E-state index >= 15 is 0 Å². The molecule has 0 unspecified atom stereocenters. The van der Waals surface area contributed by atoms with Gasteiger partial charge in [0.05, 0.1) is 10.8 Å². The molecule has 3 rings (SSSR count). The molecule has 7 heteroatoms. The zero-order valence-electron chi connectivity index (χ0n) is 14.4. The molecule has 1 saturated heterocycles. The highest BCUT2D eigenvalue weighted by molar-refractivity contribution is 5.97. The zero-order chi connectivity index (χ0) is 18.0. The minimum atomic E-state index is -0.462. The summed E-state index contributed by atoms with van der Waals surface area (Å²) in [5, 5.41) is 13.6. The molecule has 1 N–H and O–H groups in total. The van der Waals surface area contributed by atoms with E-state index in [1.54, 1.807) is 13.0 Å².